The number of urea groups is 1. The molecule has 0 bridgehead atoms. The zero-order valence-corrected chi connectivity index (χ0v) is 19.3. The molecule has 1 aliphatic rings. The van der Waals surface area contributed by atoms with E-state index in [2.05, 4.69) is 22.5 Å². The number of pyridine rings is 1. The van der Waals surface area contributed by atoms with Gasteiger partial charge in [0.15, 0.2) is 0 Å². The molecule has 0 fully saturated rings. The Morgan fingerprint density at radius 2 is 1.81 bits per heavy atom. The van der Waals surface area contributed by atoms with Crippen LogP contribution >= 0.6 is 11.8 Å². The second-order valence-corrected chi connectivity index (χ2v) is 8.83. The van der Waals surface area contributed by atoms with Gasteiger partial charge in [0.2, 0.25) is 0 Å². The normalized spacial score (nSPS) is 12.8. The van der Waals surface area contributed by atoms with Gasteiger partial charge in [-0.15, -0.1) is 11.8 Å². The Morgan fingerprint density at radius 1 is 1.03 bits per heavy atom. The number of hydrogen-bond donors (Lipinski definition) is 2. The highest BCUT2D eigenvalue weighted by Crippen LogP contribution is 2.36. The van der Waals surface area contributed by atoms with Crippen LogP contribution in [0.25, 0.3) is 0 Å². The molecule has 2 aromatic carbocycles. The van der Waals surface area contributed by atoms with Crippen LogP contribution in [0.5, 0.6) is 0 Å². The molecule has 4 rings (SSSR count). The number of rotatable bonds is 4. The van der Waals surface area contributed by atoms with Crippen LogP contribution in [-0.2, 0) is 6.42 Å². The average molecular weight is 447 g/mol. The first kappa shape index (κ1) is 21.9. The van der Waals surface area contributed by atoms with Crippen LogP contribution in [0.2, 0.25) is 0 Å². The number of aryl methyl sites for hydroxylation is 3. The predicted octanol–water partition coefficient (Wildman–Crippen LogP) is 5.66. The first-order valence-electron chi connectivity index (χ1n) is 10.6. The van der Waals surface area contributed by atoms with Gasteiger partial charge >= 0.3 is 6.03 Å². The molecule has 1 aromatic heterocycles. The lowest BCUT2D eigenvalue weighted by molar-refractivity contribution is 0.102. The summed E-state index contributed by atoms with van der Waals surface area (Å²) in [6.45, 7) is 6.66. The van der Waals surface area contributed by atoms with E-state index in [0.29, 0.717) is 17.8 Å². The Balaban J connectivity index is 1.44. The van der Waals surface area contributed by atoms with Crippen molar-refractivity contribution in [3.05, 3.63) is 77.0 Å². The van der Waals surface area contributed by atoms with Crippen LogP contribution in [0, 0.1) is 13.8 Å². The molecule has 1 aliphatic heterocycles. The molecule has 0 saturated carbocycles. The molecule has 2 N–H and O–H groups in total. The fourth-order valence-electron chi connectivity index (χ4n) is 3.74. The third-order valence-corrected chi connectivity index (χ3v) is 6.28. The highest BCUT2D eigenvalue weighted by Gasteiger charge is 2.26. The highest BCUT2D eigenvalue weighted by molar-refractivity contribution is 7.99. The van der Waals surface area contributed by atoms with Gasteiger partial charge in [0.25, 0.3) is 5.91 Å². The summed E-state index contributed by atoms with van der Waals surface area (Å²) in [6, 6.07) is 16.5. The summed E-state index contributed by atoms with van der Waals surface area (Å²) in [6.07, 6.45) is 0.910. The number of nitrogens with zero attached hydrogens (tertiary/aromatic N) is 2. The van der Waals surface area contributed by atoms with E-state index >= 15 is 0 Å². The molecule has 3 aromatic rings. The quantitative estimate of drug-likeness (QED) is 0.542. The molecule has 0 atom stereocenters. The van der Waals surface area contributed by atoms with E-state index in [9.17, 15) is 9.59 Å². The maximum atomic E-state index is 13.0. The van der Waals surface area contributed by atoms with Crippen molar-refractivity contribution < 1.29 is 9.59 Å². The summed E-state index contributed by atoms with van der Waals surface area (Å²) in [5.41, 5.74) is 5.96. The summed E-state index contributed by atoms with van der Waals surface area (Å²) in [5.74, 6) is 0.615. The number of aromatic nitrogens is 1. The van der Waals surface area contributed by atoms with Gasteiger partial charge in [-0.05, 0) is 73.9 Å². The maximum Gasteiger partial charge on any atom is 0.326 e. The van der Waals surface area contributed by atoms with Crippen molar-refractivity contribution in [2.75, 3.05) is 27.8 Å². The van der Waals surface area contributed by atoms with Gasteiger partial charge in [-0.1, -0.05) is 19.1 Å². The molecule has 32 heavy (non-hydrogen) atoms. The summed E-state index contributed by atoms with van der Waals surface area (Å²) >= 11 is 1.68. The average Bonchev–Trinajstić information content (AvgIpc) is 2.79. The molecular formula is C25H26N4O2S. The number of carbonyl (C=O) groups excluding carboxylic acids is 2. The number of amides is 3. The standard InChI is InChI=1S/C25H26N4O2S/c1-4-18-6-5-7-21(15-18)27-23(30)19-8-10-20(11-9-19)28-25(31)29-12-13-32-24-22(29)16(2)14-17(3)26-24/h5-11,14-15H,4,12-13H2,1-3H3,(H,27,30)(H,28,31). The lowest BCUT2D eigenvalue weighted by Gasteiger charge is -2.30. The van der Waals surface area contributed by atoms with Gasteiger partial charge in [0.05, 0.1) is 5.69 Å². The van der Waals surface area contributed by atoms with E-state index in [0.717, 1.165) is 39.8 Å². The molecule has 0 radical (unpaired) electrons. The van der Waals surface area contributed by atoms with Gasteiger partial charge in [0.1, 0.15) is 5.03 Å². The highest BCUT2D eigenvalue weighted by atomic mass is 32.2. The van der Waals surface area contributed by atoms with E-state index in [1.165, 1.54) is 5.56 Å². The number of nitrogens with one attached hydrogen (secondary N) is 2. The number of benzene rings is 2. The third-order valence-electron chi connectivity index (χ3n) is 5.34. The lowest BCUT2D eigenvalue weighted by Crippen LogP contribution is -2.39. The summed E-state index contributed by atoms with van der Waals surface area (Å²) in [4.78, 5) is 31.9. The molecule has 0 aliphatic carbocycles. The lowest BCUT2D eigenvalue weighted by atomic mass is 10.1. The Kier molecular flexibility index (Phi) is 6.46. The minimum atomic E-state index is -0.200. The van der Waals surface area contributed by atoms with Crippen molar-refractivity contribution in [2.45, 2.75) is 32.2 Å². The van der Waals surface area contributed by atoms with Crippen LogP contribution in [0.15, 0.2) is 59.6 Å². The van der Waals surface area contributed by atoms with Crippen molar-refractivity contribution in [3.63, 3.8) is 0 Å². The summed E-state index contributed by atoms with van der Waals surface area (Å²) in [7, 11) is 0. The number of thioether (sulfide) groups is 1. The minimum absolute atomic E-state index is 0.185. The van der Waals surface area contributed by atoms with E-state index in [1.54, 1.807) is 40.9 Å². The SMILES string of the molecule is CCc1cccc(NC(=O)c2ccc(NC(=O)N3CCSc4nc(C)cc(C)c43)cc2)c1. The number of anilines is 3. The van der Waals surface area contributed by atoms with Crippen LogP contribution in [0.4, 0.5) is 21.9 Å². The van der Waals surface area contributed by atoms with Crippen molar-refractivity contribution in [1.82, 2.24) is 4.98 Å². The fraction of sp³-hybridized carbons (Fsp3) is 0.240. The fourth-order valence-corrected chi connectivity index (χ4v) is 4.83. The second-order valence-electron chi connectivity index (χ2n) is 7.75. The predicted molar refractivity (Wildman–Crippen MR) is 131 cm³/mol. The van der Waals surface area contributed by atoms with E-state index < -0.39 is 0 Å². The van der Waals surface area contributed by atoms with Crippen LogP contribution in [0.3, 0.4) is 0 Å². The van der Waals surface area contributed by atoms with E-state index in [1.807, 2.05) is 44.2 Å². The van der Waals surface area contributed by atoms with Crippen molar-refractivity contribution >= 4 is 40.8 Å². The minimum Gasteiger partial charge on any atom is -0.322 e. The smallest absolute Gasteiger partial charge is 0.322 e. The molecule has 6 nitrogen and oxygen atoms in total. The van der Waals surface area contributed by atoms with Gasteiger partial charge < -0.3 is 10.6 Å². The van der Waals surface area contributed by atoms with Gasteiger partial charge in [-0.2, -0.15) is 0 Å². The second kappa shape index (κ2) is 9.44. The first-order valence-corrected chi connectivity index (χ1v) is 11.6. The maximum absolute atomic E-state index is 13.0. The molecule has 164 valence electrons. The zero-order chi connectivity index (χ0) is 22.7. The number of carbonyl (C=O) groups is 2. The number of hydrogen-bond acceptors (Lipinski definition) is 4. The first-order chi connectivity index (χ1) is 15.4. The molecular weight excluding hydrogens is 420 g/mol. The van der Waals surface area contributed by atoms with Crippen molar-refractivity contribution in [3.8, 4) is 0 Å². The molecule has 0 spiro atoms. The van der Waals surface area contributed by atoms with Gasteiger partial charge in [0, 0.05) is 34.9 Å². The topological polar surface area (TPSA) is 74.3 Å². The molecule has 0 saturated heterocycles. The summed E-state index contributed by atoms with van der Waals surface area (Å²) in [5, 5.41) is 6.76. The van der Waals surface area contributed by atoms with E-state index in [4.69, 9.17) is 0 Å². The zero-order valence-electron chi connectivity index (χ0n) is 18.4. The van der Waals surface area contributed by atoms with Gasteiger partial charge in [-0.25, -0.2) is 9.78 Å². The summed E-state index contributed by atoms with van der Waals surface area (Å²) < 4.78 is 0. The third kappa shape index (κ3) is 4.78. The van der Waals surface area contributed by atoms with Crippen molar-refractivity contribution in [1.29, 1.82) is 0 Å². The van der Waals surface area contributed by atoms with Crippen molar-refractivity contribution in [2.24, 2.45) is 0 Å². The van der Waals surface area contributed by atoms with Crippen LogP contribution < -0.4 is 15.5 Å². The largest absolute Gasteiger partial charge is 0.326 e. The Morgan fingerprint density at radius 3 is 2.56 bits per heavy atom. The Hall–Kier alpha value is -3.32. The molecule has 3 amide bonds. The Labute approximate surface area is 192 Å². The van der Waals surface area contributed by atoms with Crippen LogP contribution in [-0.4, -0.2) is 29.2 Å². The molecule has 7 heteroatoms. The molecule has 2 heterocycles. The van der Waals surface area contributed by atoms with Crippen LogP contribution in [0.1, 0.15) is 34.1 Å². The van der Waals surface area contributed by atoms with Gasteiger partial charge in [-0.3, -0.25) is 9.69 Å². The van der Waals surface area contributed by atoms with E-state index in [-0.39, 0.29) is 11.9 Å². The number of fused-ring (bicyclic) bond motifs is 1. The monoisotopic (exact) mass is 446 g/mol. The Bertz CT molecular complexity index is 1160. The molecule has 0 unspecified atom stereocenters.